The van der Waals surface area contributed by atoms with Gasteiger partial charge in [-0.2, -0.15) is 0 Å². The standard InChI is InChI=1S/C22H23NO12/c1-10(24)30-9-16-17(31-11(2)25)18(32-12(3)26)19(33-13(4)27)22(34-16)35-23-20(28)14-7-5-6-8-15(14)21(23)29/h5-8,16-19,22H,9H2,1-4H3/t16?,17-,18+,19?,22+/m1/s1. The number of ether oxygens (including phenoxy) is 5. The first-order valence-electron chi connectivity index (χ1n) is 10.4. The monoisotopic (exact) mass is 493 g/mol. The van der Waals surface area contributed by atoms with Gasteiger partial charge >= 0.3 is 23.9 Å². The van der Waals surface area contributed by atoms with E-state index in [-0.39, 0.29) is 11.1 Å². The summed E-state index contributed by atoms with van der Waals surface area (Å²) in [5.41, 5.74) is 0.145. The van der Waals surface area contributed by atoms with Crippen LogP contribution in [0.15, 0.2) is 24.3 Å². The summed E-state index contributed by atoms with van der Waals surface area (Å²) in [6.45, 7) is 3.83. The van der Waals surface area contributed by atoms with Crippen LogP contribution in [-0.2, 0) is 47.7 Å². The van der Waals surface area contributed by atoms with Crippen molar-refractivity contribution < 1.29 is 57.3 Å². The number of carbonyl (C=O) groups is 6. The molecular weight excluding hydrogens is 470 g/mol. The summed E-state index contributed by atoms with van der Waals surface area (Å²) in [4.78, 5) is 77.9. The van der Waals surface area contributed by atoms with Crippen LogP contribution >= 0.6 is 0 Å². The zero-order valence-electron chi connectivity index (χ0n) is 19.2. The van der Waals surface area contributed by atoms with E-state index in [2.05, 4.69) is 0 Å². The second kappa shape index (κ2) is 10.6. The molecule has 0 N–H and O–H groups in total. The Kier molecular flexibility index (Phi) is 7.82. The Hall–Kier alpha value is -3.84. The lowest BCUT2D eigenvalue weighted by molar-refractivity contribution is -0.341. The van der Waals surface area contributed by atoms with Crippen LogP contribution in [0.2, 0.25) is 0 Å². The molecule has 0 aromatic heterocycles. The Balaban J connectivity index is 1.98. The third-order valence-electron chi connectivity index (χ3n) is 4.91. The van der Waals surface area contributed by atoms with Crippen LogP contribution in [0.25, 0.3) is 0 Å². The Morgan fingerprint density at radius 1 is 0.771 bits per heavy atom. The Labute approximate surface area is 199 Å². The summed E-state index contributed by atoms with van der Waals surface area (Å²) in [5.74, 6) is -4.80. The molecule has 188 valence electrons. The van der Waals surface area contributed by atoms with Crippen molar-refractivity contribution in [1.29, 1.82) is 0 Å². The minimum Gasteiger partial charge on any atom is -0.463 e. The van der Waals surface area contributed by atoms with Gasteiger partial charge in [0.25, 0.3) is 11.8 Å². The summed E-state index contributed by atoms with van der Waals surface area (Å²) in [6, 6.07) is 5.96. The molecule has 1 aromatic rings. The second-order valence-electron chi connectivity index (χ2n) is 7.62. The molecule has 0 radical (unpaired) electrons. The predicted molar refractivity (Wildman–Crippen MR) is 110 cm³/mol. The van der Waals surface area contributed by atoms with E-state index in [1.807, 2.05) is 0 Å². The largest absolute Gasteiger partial charge is 0.463 e. The van der Waals surface area contributed by atoms with Gasteiger partial charge in [-0.1, -0.05) is 12.1 Å². The number of imide groups is 1. The first-order valence-corrected chi connectivity index (χ1v) is 10.4. The average Bonchev–Trinajstić information content (AvgIpc) is 3.00. The number of benzene rings is 1. The smallest absolute Gasteiger partial charge is 0.303 e. The van der Waals surface area contributed by atoms with Crippen LogP contribution in [0.3, 0.4) is 0 Å². The van der Waals surface area contributed by atoms with Crippen molar-refractivity contribution >= 4 is 35.7 Å². The first-order chi connectivity index (χ1) is 16.5. The quantitative estimate of drug-likeness (QED) is 0.291. The number of hydrogen-bond acceptors (Lipinski definition) is 12. The van der Waals surface area contributed by atoms with E-state index in [0.717, 1.165) is 27.7 Å². The first kappa shape index (κ1) is 25.8. The van der Waals surface area contributed by atoms with Gasteiger partial charge in [-0.25, -0.2) is 4.84 Å². The molecule has 13 heteroatoms. The Morgan fingerprint density at radius 3 is 1.74 bits per heavy atom. The van der Waals surface area contributed by atoms with Crippen molar-refractivity contribution in [3.05, 3.63) is 35.4 Å². The molecule has 5 atom stereocenters. The molecule has 0 aliphatic carbocycles. The van der Waals surface area contributed by atoms with Crippen molar-refractivity contribution in [2.24, 2.45) is 0 Å². The van der Waals surface area contributed by atoms with Gasteiger partial charge in [-0.05, 0) is 12.1 Å². The molecule has 1 saturated heterocycles. The predicted octanol–water partition coefficient (Wildman–Crippen LogP) is 0.297. The molecule has 2 amide bonds. The highest BCUT2D eigenvalue weighted by molar-refractivity contribution is 6.20. The van der Waals surface area contributed by atoms with Crippen LogP contribution in [0, 0.1) is 0 Å². The number of esters is 4. The molecule has 1 aromatic carbocycles. The van der Waals surface area contributed by atoms with Crippen molar-refractivity contribution in [3.63, 3.8) is 0 Å². The fraction of sp³-hybridized carbons (Fsp3) is 0.455. The topological polar surface area (TPSA) is 161 Å². The third kappa shape index (κ3) is 5.81. The number of rotatable bonds is 7. The van der Waals surface area contributed by atoms with E-state index in [0.29, 0.717) is 5.06 Å². The maximum atomic E-state index is 12.8. The molecule has 2 unspecified atom stereocenters. The summed E-state index contributed by atoms with van der Waals surface area (Å²) in [6.07, 6.45) is -7.49. The van der Waals surface area contributed by atoms with Crippen molar-refractivity contribution in [3.8, 4) is 0 Å². The van der Waals surface area contributed by atoms with Gasteiger partial charge in [0.1, 0.15) is 12.7 Å². The molecule has 0 bridgehead atoms. The van der Waals surface area contributed by atoms with E-state index < -0.39 is 73.0 Å². The van der Waals surface area contributed by atoms with Gasteiger partial charge in [0, 0.05) is 27.7 Å². The molecular formula is C22H23NO12. The average molecular weight is 493 g/mol. The zero-order valence-corrected chi connectivity index (χ0v) is 19.2. The molecule has 2 aliphatic heterocycles. The van der Waals surface area contributed by atoms with Crippen molar-refractivity contribution in [2.75, 3.05) is 6.61 Å². The molecule has 0 spiro atoms. The summed E-state index contributed by atoms with van der Waals surface area (Å²) in [5, 5.41) is 0.422. The van der Waals surface area contributed by atoms with E-state index >= 15 is 0 Å². The number of fused-ring (bicyclic) bond motifs is 1. The lowest BCUT2D eigenvalue weighted by Crippen LogP contribution is -2.63. The number of nitrogens with zero attached hydrogens (tertiary/aromatic N) is 1. The molecule has 35 heavy (non-hydrogen) atoms. The summed E-state index contributed by atoms with van der Waals surface area (Å²) in [7, 11) is 0. The van der Waals surface area contributed by atoms with Crippen LogP contribution < -0.4 is 0 Å². The van der Waals surface area contributed by atoms with Gasteiger partial charge in [0.05, 0.1) is 11.1 Å². The lowest BCUT2D eigenvalue weighted by Gasteiger charge is -2.44. The molecule has 2 heterocycles. The zero-order chi connectivity index (χ0) is 25.9. The maximum Gasteiger partial charge on any atom is 0.303 e. The highest BCUT2D eigenvalue weighted by Crippen LogP contribution is 2.32. The van der Waals surface area contributed by atoms with Crippen LogP contribution in [0.4, 0.5) is 0 Å². The fourth-order valence-electron chi connectivity index (χ4n) is 3.64. The van der Waals surface area contributed by atoms with Crippen molar-refractivity contribution in [2.45, 2.75) is 58.4 Å². The van der Waals surface area contributed by atoms with E-state index in [9.17, 15) is 28.8 Å². The fourth-order valence-corrected chi connectivity index (χ4v) is 3.64. The van der Waals surface area contributed by atoms with Gasteiger partial charge in [0.2, 0.25) is 6.29 Å². The summed E-state index contributed by atoms with van der Waals surface area (Å²) < 4.78 is 26.5. The van der Waals surface area contributed by atoms with E-state index in [4.69, 9.17) is 28.5 Å². The number of amides is 2. The van der Waals surface area contributed by atoms with Crippen molar-refractivity contribution in [1.82, 2.24) is 5.06 Å². The van der Waals surface area contributed by atoms with Crippen LogP contribution in [-0.4, -0.2) is 78.1 Å². The highest BCUT2D eigenvalue weighted by Gasteiger charge is 2.54. The number of hydroxylamine groups is 2. The molecule has 3 rings (SSSR count). The van der Waals surface area contributed by atoms with E-state index in [1.54, 1.807) is 12.1 Å². The molecule has 1 fully saturated rings. The van der Waals surface area contributed by atoms with Crippen LogP contribution in [0.5, 0.6) is 0 Å². The third-order valence-corrected chi connectivity index (χ3v) is 4.91. The molecule has 2 aliphatic rings. The number of hydrogen-bond donors (Lipinski definition) is 0. The van der Waals surface area contributed by atoms with Gasteiger partial charge in [-0.3, -0.25) is 28.8 Å². The minimum absolute atomic E-state index is 0.0723. The molecule has 0 saturated carbocycles. The summed E-state index contributed by atoms with van der Waals surface area (Å²) >= 11 is 0. The molecule has 13 nitrogen and oxygen atoms in total. The number of carbonyl (C=O) groups excluding carboxylic acids is 6. The Morgan fingerprint density at radius 2 is 1.26 bits per heavy atom. The maximum absolute atomic E-state index is 12.8. The Bertz CT molecular complexity index is 1020. The van der Waals surface area contributed by atoms with Gasteiger partial charge in [0.15, 0.2) is 18.3 Å². The lowest BCUT2D eigenvalue weighted by atomic mass is 9.98. The van der Waals surface area contributed by atoms with Gasteiger partial charge in [-0.15, -0.1) is 5.06 Å². The SMILES string of the molecule is CC(=O)OCC1O[C@@H](ON2C(=O)c3ccccc3C2=O)C(OC(C)=O)[C@@H](OC(C)=O)[C@@H]1OC(C)=O. The second-order valence-corrected chi connectivity index (χ2v) is 7.62. The minimum atomic E-state index is -1.71. The normalized spacial score (nSPS) is 25.5. The van der Waals surface area contributed by atoms with Gasteiger partial charge < -0.3 is 23.7 Å². The van der Waals surface area contributed by atoms with E-state index in [1.165, 1.54) is 12.1 Å². The van der Waals surface area contributed by atoms with Crippen LogP contribution in [0.1, 0.15) is 48.4 Å². The highest BCUT2D eigenvalue weighted by atomic mass is 16.8.